The monoisotopic (exact) mass is 548 g/mol. The molecule has 0 aromatic heterocycles. The number of nitrogens with zero attached hydrogens (tertiary/aromatic N) is 2. The standard InChI is InChI=1S/C30H30F6N2O/c1-3-37(4-2)25-12-8-11-21(17-25)26-13-14-38(19-27(26)20-9-6-5-7-10-20)28(39)22-15-23(29(31,32)33)18-24(16-22)30(34,35)36/h5-12,15-18,26-27H,3-4,13-14,19H2,1-2H3. The lowest BCUT2D eigenvalue weighted by atomic mass is 9.76. The van der Waals surface area contributed by atoms with Gasteiger partial charge in [-0.15, -0.1) is 0 Å². The zero-order valence-corrected chi connectivity index (χ0v) is 21.7. The van der Waals surface area contributed by atoms with Crippen LogP contribution in [0.1, 0.15) is 64.7 Å². The molecule has 0 spiro atoms. The zero-order chi connectivity index (χ0) is 28.4. The second-order valence-corrected chi connectivity index (χ2v) is 9.73. The summed E-state index contributed by atoms with van der Waals surface area (Å²) in [5, 5.41) is 0. The van der Waals surface area contributed by atoms with Gasteiger partial charge in [0.05, 0.1) is 11.1 Å². The maximum Gasteiger partial charge on any atom is 0.416 e. The summed E-state index contributed by atoms with van der Waals surface area (Å²) in [6, 6.07) is 18.7. The average Bonchev–Trinajstić information content (AvgIpc) is 2.92. The first kappa shape index (κ1) is 28.5. The Kier molecular flexibility index (Phi) is 8.28. The van der Waals surface area contributed by atoms with Crippen molar-refractivity contribution in [2.75, 3.05) is 31.1 Å². The van der Waals surface area contributed by atoms with Gasteiger partial charge in [0.1, 0.15) is 0 Å². The molecule has 39 heavy (non-hydrogen) atoms. The van der Waals surface area contributed by atoms with Crippen LogP contribution in [0.15, 0.2) is 72.8 Å². The van der Waals surface area contributed by atoms with Crippen LogP contribution in [0.2, 0.25) is 0 Å². The van der Waals surface area contributed by atoms with E-state index in [0.29, 0.717) is 18.6 Å². The molecule has 4 rings (SSSR count). The topological polar surface area (TPSA) is 23.6 Å². The number of carbonyl (C=O) groups excluding carboxylic acids is 1. The molecule has 0 bridgehead atoms. The molecule has 3 aromatic rings. The van der Waals surface area contributed by atoms with Crippen LogP contribution in [0.5, 0.6) is 0 Å². The van der Waals surface area contributed by atoms with Gasteiger partial charge in [0.25, 0.3) is 5.91 Å². The number of benzene rings is 3. The molecule has 1 aliphatic heterocycles. The van der Waals surface area contributed by atoms with Gasteiger partial charge in [0.2, 0.25) is 0 Å². The third-order valence-corrected chi connectivity index (χ3v) is 7.39. The van der Waals surface area contributed by atoms with Gasteiger partial charge in [0, 0.05) is 43.3 Å². The second-order valence-electron chi connectivity index (χ2n) is 9.73. The van der Waals surface area contributed by atoms with Crippen LogP contribution in [-0.2, 0) is 12.4 Å². The molecule has 1 fully saturated rings. The summed E-state index contributed by atoms with van der Waals surface area (Å²) in [6.07, 6.45) is -9.53. The van der Waals surface area contributed by atoms with Crippen LogP contribution in [-0.4, -0.2) is 37.0 Å². The highest BCUT2D eigenvalue weighted by Crippen LogP contribution is 2.42. The van der Waals surface area contributed by atoms with Crippen molar-refractivity contribution in [3.8, 4) is 0 Å². The Bertz CT molecular complexity index is 1250. The van der Waals surface area contributed by atoms with E-state index in [1.807, 2.05) is 48.5 Å². The van der Waals surface area contributed by atoms with E-state index in [0.717, 1.165) is 29.9 Å². The normalized spacial score (nSPS) is 18.2. The van der Waals surface area contributed by atoms with Gasteiger partial charge >= 0.3 is 12.4 Å². The quantitative estimate of drug-likeness (QED) is 0.292. The molecule has 9 heteroatoms. The first-order valence-corrected chi connectivity index (χ1v) is 12.9. The van der Waals surface area contributed by atoms with Crippen molar-refractivity contribution in [3.05, 3.63) is 101 Å². The summed E-state index contributed by atoms with van der Waals surface area (Å²) in [4.78, 5) is 17.0. The van der Waals surface area contributed by atoms with Crippen LogP contribution in [0, 0.1) is 0 Å². The van der Waals surface area contributed by atoms with Crippen LogP contribution < -0.4 is 4.90 Å². The lowest BCUT2D eigenvalue weighted by Gasteiger charge is -2.39. The smallest absolute Gasteiger partial charge is 0.372 e. The molecule has 1 amide bonds. The third-order valence-electron chi connectivity index (χ3n) is 7.39. The summed E-state index contributed by atoms with van der Waals surface area (Å²) in [5.41, 5.74) is -0.503. The van der Waals surface area contributed by atoms with Crippen molar-refractivity contribution in [1.82, 2.24) is 4.90 Å². The number of halogens is 6. The maximum atomic E-state index is 13.4. The van der Waals surface area contributed by atoms with Gasteiger partial charge in [0.15, 0.2) is 0 Å². The Morgan fingerprint density at radius 1 is 0.795 bits per heavy atom. The highest BCUT2D eigenvalue weighted by molar-refractivity contribution is 5.95. The number of hydrogen-bond donors (Lipinski definition) is 0. The minimum Gasteiger partial charge on any atom is -0.372 e. The van der Waals surface area contributed by atoms with Gasteiger partial charge in [-0.25, -0.2) is 0 Å². The van der Waals surface area contributed by atoms with Crippen molar-refractivity contribution in [1.29, 1.82) is 0 Å². The molecule has 0 aliphatic carbocycles. The molecule has 208 valence electrons. The van der Waals surface area contributed by atoms with Crippen molar-refractivity contribution in [3.63, 3.8) is 0 Å². The van der Waals surface area contributed by atoms with Crippen molar-refractivity contribution >= 4 is 11.6 Å². The molecule has 3 nitrogen and oxygen atoms in total. The molecular formula is C30H30F6N2O. The summed E-state index contributed by atoms with van der Waals surface area (Å²) in [5.74, 6) is -1.02. The van der Waals surface area contributed by atoms with Gasteiger partial charge in [-0.2, -0.15) is 26.3 Å². The van der Waals surface area contributed by atoms with Crippen LogP contribution in [0.4, 0.5) is 32.0 Å². The Balaban J connectivity index is 1.69. The summed E-state index contributed by atoms with van der Waals surface area (Å²) in [6.45, 7) is 6.20. The van der Waals surface area contributed by atoms with Crippen molar-refractivity contribution in [2.45, 2.75) is 44.5 Å². The van der Waals surface area contributed by atoms with Crippen LogP contribution >= 0.6 is 0 Å². The highest BCUT2D eigenvalue weighted by atomic mass is 19.4. The predicted molar refractivity (Wildman–Crippen MR) is 139 cm³/mol. The molecule has 1 saturated heterocycles. The van der Waals surface area contributed by atoms with Gasteiger partial charge < -0.3 is 9.80 Å². The first-order chi connectivity index (χ1) is 18.4. The summed E-state index contributed by atoms with van der Waals surface area (Å²) in [7, 11) is 0. The van der Waals surface area contributed by atoms with E-state index in [1.165, 1.54) is 4.90 Å². The Morgan fingerprint density at radius 2 is 1.38 bits per heavy atom. The number of piperidine rings is 1. The Morgan fingerprint density at radius 3 is 1.95 bits per heavy atom. The number of anilines is 1. The number of alkyl halides is 6. The number of carbonyl (C=O) groups is 1. The largest absolute Gasteiger partial charge is 0.416 e. The fraction of sp³-hybridized carbons (Fsp3) is 0.367. The Labute approximate surface area is 224 Å². The van der Waals surface area contributed by atoms with E-state index in [2.05, 4.69) is 24.8 Å². The lowest BCUT2D eigenvalue weighted by Crippen LogP contribution is -2.42. The third kappa shape index (κ3) is 6.40. The van der Waals surface area contributed by atoms with E-state index >= 15 is 0 Å². The first-order valence-electron chi connectivity index (χ1n) is 12.9. The maximum absolute atomic E-state index is 13.4. The molecular weight excluding hydrogens is 518 g/mol. The van der Waals surface area contributed by atoms with Gasteiger partial charge in [-0.1, -0.05) is 42.5 Å². The SMILES string of the molecule is CCN(CC)c1cccc(C2CCN(C(=O)c3cc(C(F)(F)F)cc(C(F)(F)F)c3)CC2c2ccccc2)c1. The summed E-state index contributed by atoms with van der Waals surface area (Å²) < 4.78 is 80.5. The molecule has 2 atom stereocenters. The Hall–Kier alpha value is -3.49. The molecule has 2 unspecified atom stereocenters. The molecule has 1 heterocycles. The fourth-order valence-corrected chi connectivity index (χ4v) is 5.38. The molecule has 1 aliphatic rings. The number of hydrogen-bond acceptors (Lipinski definition) is 2. The van der Waals surface area contributed by atoms with Crippen LogP contribution in [0.3, 0.4) is 0 Å². The minimum atomic E-state index is -5.02. The van der Waals surface area contributed by atoms with Crippen LogP contribution in [0.25, 0.3) is 0 Å². The van der Waals surface area contributed by atoms with E-state index in [1.54, 1.807) is 0 Å². The minimum absolute atomic E-state index is 0.0132. The lowest BCUT2D eigenvalue weighted by molar-refractivity contribution is -0.143. The summed E-state index contributed by atoms with van der Waals surface area (Å²) >= 11 is 0. The van der Waals surface area contributed by atoms with E-state index in [9.17, 15) is 31.1 Å². The number of amides is 1. The number of rotatable bonds is 6. The average molecular weight is 549 g/mol. The molecule has 0 saturated carbocycles. The molecule has 3 aromatic carbocycles. The predicted octanol–water partition coefficient (Wildman–Crippen LogP) is 7.98. The van der Waals surface area contributed by atoms with Gasteiger partial charge in [-0.3, -0.25) is 4.79 Å². The van der Waals surface area contributed by atoms with E-state index in [-0.39, 0.29) is 31.0 Å². The van der Waals surface area contributed by atoms with Crippen molar-refractivity contribution in [2.24, 2.45) is 0 Å². The van der Waals surface area contributed by atoms with E-state index in [4.69, 9.17) is 0 Å². The zero-order valence-electron chi connectivity index (χ0n) is 21.7. The fourth-order valence-electron chi connectivity index (χ4n) is 5.38. The van der Waals surface area contributed by atoms with Gasteiger partial charge in [-0.05, 0) is 67.6 Å². The second kappa shape index (κ2) is 11.3. The van der Waals surface area contributed by atoms with E-state index < -0.39 is 35.0 Å². The molecule has 0 N–H and O–H groups in total. The molecule has 0 radical (unpaired) electrons. The van der Waals surface area contributed by atoms with Crippen molar-refractivity contribution < 1.29 is 31.1 Å². The number of likely N-dealkylation sites (tertiary alicyclic amines) is 1. The highest BCUT2D eigenvalue weighted by Gasteiger charge is 2.39.